The van der Waals surface area contributed by atoms with Crippen LogP contribution in [-0.2, 0) is 0 Å². The molecule has 1 heterocycles. The van der Waals surface area contributed by atoms with E-state index in [1.165, 1.54) is 22.5 Å². The molecule has 1 aromatic heterocycles. The van der Waals surface area contributed by atoms with E-state index >= 15 is 0 Å². The SMILES string of the molecule is CC(C)=CCC/C(C)=C/c1ccc(C(=O)O)s1. The Labute approximate surface area is 106 Å². The third-order valence-corrected chi connectivity index (χ3v) is 3.34. The van der Waals surface area contributed by atoms with Crippen LogP contribution in [0.2, 0.25) is 0 Å². The maximum Gasteiger partial charge on any atom is 0.345 e. The van der Waals surface area contributed by atoms with Crippen LogP contribution in [-0.4, -0.2) is 11.1 Å². The number of allylic oxidation sites excluding steroid dienone is 3. The lowest BCUT2D eigenvalue weighted by Crippen LogP contribution is -1.89. The summed E-state index contributed by atoms with van der Waals surface area (Å²) >= 11 is 1.32. The zero-order valence-corrected chi connectivity index (χ0v) is 11.3. The first kappa shape index (κ1) is 13.7. The van der Waals surface area contributed by atoms with Gasteiger partial charge in [0.1, 0.15) is 4.88 Å². The Morgan fingerprint density at radius 2 is 2.06 bits per heavy atom. The molecule has 1 N–H and O–H groups in total. The number of carboxylic acid groups (broad SMARTS) is 1. The minimum atomic E-state index is -0.850. The van der Waals surface area contributed by atoms with Crippen molar-refractivity contribution >= 4 is 23.4 Å². The Bertz CT molecular complexity index is 449. The highest BCUT2D eigenvalue weighted by Gasteiger charge is 2.05. The first-order valence-corrected chi connectivity index (χ1v) is 6.44. The number of thiophene rings is 1. The second kappa shape index (κ2) is 6.40. The molecule has 0 bridgehead atoms. The zero-order chi connectivity index (χ0) is 12.8. The lowest BCUT2D eigenvalue weighted by molar-refractivity contribution is 0.0702. The van der Waals surface area contributed by atoms with E-state index in [9.17, 15) is 4.79 Å². The molecule has 0 aliphatic heterocycles. The Balaban J connectivity index is 2.61. The van der Waals surface area contributed by atoms with Gasteiger partial charge in [-0.05, 0) is 51.8 Å². The van der Waals surface area contributed by atoms with E-state index in [4.69, 9.17) is 5.11 Å². The number of carboxylic acids is 1. The van der Waals surface area contributed by atoms with Crippen LogP contribution >= 0.6 is 11.3 Å². The van der Waals surface area contributed by atoms with Gasteiger partial charge in [-0.25, -0.2) is 4.79 Å². The zero-order valence-electron chi connectivity index (χ0n) is 10.5. The minimum absolute atomic E-state index is 0.397. The number of aromatic carboxylic acids is 1. The fourth-order valence-corrected chi connectivity index (χ4v) is 2.32. The molecule has 92 valence electrons. The van der Waals surface area contributed by atoms with Crippen LogP contribution in [0.15, 0.2) is 29.4 Å². The van der Waals surface area contributed by atoms with Crippen molar-refractivity contribution in [2.45, 2.75) is 33.6 Å². The summed E-state index contributed by atoms with van der Waals surface area (Å²) in [5, 5.41) is 8.82. The first-order chi connectivity index (χ1) is 7.99. The van der Waals surface area contributed by atoms with E-state index in [0.29, 0.717) is 4.88 Å². The normalized spacial score (nSPS) is 11.4. The van der Waals surface area contributed by atoms with Gasteiger partial charge in [0.2, 0.25) is 0 Å². The Morgan fingerprint density at radius 1 is 1.35 bits per heavy atom. The van der Waals surface area contributed by atoms with Gasteiger partial charge in [0.05, 0.1) is 0 Å². The minimum Gasteiger partial charge on any atom is -0.477 e. The number of rotatable bonds is 5. The van der Waals surface area contributed by atoms with E-state index in [1.807, 2.05) is 6.07 Å². The average Bonchev–Trinajstić information content (AvgIpc) is 2.65. The van der Waals surface area contributed by atoms with Crippen LogP contribution in [0.25, 0.3) is 6.08 Å². The molecule has 0 atom stereocenters. The quantitative estimate of drug-likeness (QED) is 0.776. The van der Waals surface area contributed by atoms with Crippen molar-refractivity contribution in [2.75, 3.05) is 0 Å². The smallest absolute Gasteiger partial charge is 0.345 e. The monoisotopic (exact) mass is 250 g/mol. The third-order valence-electron chi connectivity index (χ3n) is 2.32. The van der Waals surface area contributed by atoms with Crippen LogP contribution in [0.4, 0.5) is 0 Å². The van der Waals surface area contributed by atoms with Crippen molar-refractivity contribution in [1.82, 2.24) is 0 Å². The maximum absolute atomic E-state index is 10.7. The van der Waals surface area contributed by atoms with Crippen molar-refractivity contribution in [3.63, 3.8) is 0 Å². The molecule has 17 heavy (non-hydrogen) atoms. The van der Waals surface area contributed by atoms with Crippen molar-refractivity contribution in [3.8, 4) is 0 Å². The highest BCUT2D eigenvalue weighted by Crippen LogP contribution is 2.20. The lowest BCUT2D eigenvalue weighted by Gasteiger charge is -1.97. The van der Waals surface area contributed by atoms with Gasteiger partial charge in [0, 0.05) is 4.88 Å². The van der Waals surface area contributed by atoms with Crippen LogP contribution < -0.4 is 0 Å². The second-order valence-corrected chi connectivity index (χ2v) is 5.43. The molecular weight excluding hydrogens is 232 g/mol. The van der Waals surface area contributed by atoms with Gasteiger partial charge in [-0.2, -0.15) is 0 Å². The summed E-state index contributed by atoms with van der Waals surface area (Å²) in [6, 6.07) is 3.51. The summed E-state index contributed by atoms with van der Waals surface area (Å²) in [5.41, 5.74) is 2.61. The fourth-order valence-electron chi connectivity index (χ4n) is 1.45. The molecule has 0 aliphatic rings. The van der Waals surface area contributed by atoms with Gasteiger partial charge >= 0.3 is 5.97 Å². The summed E-state index contributed by atoms with van der Waals surface area (Å²) in [7, 11) is 0. The predicted molar refractivity (Wildman–Crippen MR) is 73.6 cm³/mol. The molecule has 0 unspecified atom stereocenters. The number of carbonyl (C=O) groups is 1. The summed E-state index contributed by atoms with van der Waals surface area (Å²) in [5.74, 6) is -0.850. The molecule has 0 fully saturated rings. The molecule has 0 saturated heterocycles. The Hall–Kier alpha value is -1.35. The molecule has 1 rings (SSSR count). The van der Waals surface area contributed by atoms with E-state index in [-0.39, 0.29) is 0 Å². The van der Waals surface area contributed by atoms with Gasteiger partial charge in [-0.15, -0.1) is 11.3 Å². The van der Waals surface area contributed by atoms with Crippen molar-refractivity contribution < 1.29 is 9.90 Å². The van der Waals surface area contributed by atoms with Crippen LogP contribution in [0.3, 0.4) is 0 Å². The van der Waals surface area contributed by atoms with E-state index in [1.54, 1.807) is 6.07 Å². The summed E-state index contributed by atoms with van der Waals surface area (Å²) in [6.07, 6.45) is 6.34. The molecule has 0 spiro atoms. The molecule has 3 heteroatoms. The van der Waals surface area contributed by atoms with Gasteiger partial charge < -0.3 is 5.11 Å². The van der Waals surface area contributed by atoms with E-state index in [0.717, 1.165) is 17.7 Å². The van der Waals surface area contributed by atoms with E-state index < -0.39 is 5.97 Å². The molecule has 1 aromatic rings. The molecule has 0 aliphatic carbocycles. The topological polar surface area (TPSA) is 37.3 Å². The van der Waals surface area contributed by atoms with Gasteiger partial charge in [-0.3, -0.25) is 0 Å². The fraction of sp³-hybridized carbons (Fsp3) is 0.357. The number of hydrogen-bond acceptors (Lipinski definition) is 2. The van der Waals surface area contributed by atoms with Crippen molar-refractivity contribution in [1.29, 1.82) is 0 Å². The first-order valence-electron chi connectivity index (χ1n) is 5.62. The summed E-state index contributed by atoms with van der Waals surface area (Å²) < 4.78 is 0. The average molecular weight is 250 g/mol. The van der Waals surface area contributed by atoms with Crippen LogP contribution in [0.1, 0.15) is 48.2 Å². The molecule has 2 nitrogen and oxygen atoms in total. The Morgan fingerprint density at radius 3 is 2.59 bits per heavy atom. The van der Waals surface area contributed by atoms with Crippen LogP contribution in [0.5, 0.6) is 0 Å². The van der Waals surface area contributed by atoms with Gasteiger partial charge in [0.15, 0.2) is 0 Å². The summed E-state index contributed by atoms with van der Waals surface area (Å²) in [6.45, 7) is 6.27. The third kappa shape index (κ3) is 5.00. The largest absolute Gasteiger partial charge is 0.477 e. The molecular formula is C14H18O2S. The molecule has 0 amide bonds. The van der Waals surface area contributed by atoms with Gasteiger partial charge in [-0.1, -0.05) is 17.2 Å². The Kier molecular flexibility index (Phi) is 5.16. The second-order valence-electron chi connectivity index (χ2n) is 4.32. The maximum atomic E-state index is 10.7. The highest BCUT2D eigenvalue weighted by atomic mass is 32.1. The molecule has 0 aromatic carbocycles. The van der Waals surface area contributed by atoms with E-state index in [2.05, 4.69) is 32.9 Å². The van der Waals surface area contributed by atoms with Crippen molar-refractivity contribution in [2.24, 2.45) is 0 Å². The summed E-state index contributed by atoms with van der Waals surface area (Å²) in [4.78, 5) is 12.1. The lowest BCUT2D eigenvalue weighted by atomic mass is 10.1. The van der Waals surface area contributed by atoms with Crippen LogP contribution in [0, 0.1) is 0 Å². The standard InChI is InChI=1S/C14H18O2S/c1-10(2)5-4-6-11(3)9-12-7-8-13(17-12)14(15)16/h5,7-9H,4,6H2,1-3H3,(H,15,16)/b11-9+. The molecule has 0 saturated carbocycles. The van der Waals surface area contributed by atoms with Gasteiger partial charge in [0.25, 0.3) is 0 Å². The predicted octanol–water partition coefficient (Wildman–Crippen LogP) is 4.60. The highest BCUT2D eigenvalue weighted by molar-refractivity contribution is 7.14. The molecule has 0 radical (unpaired) electrons. The van der Waals surface area contributed by atoms with Crippen molar-refractivity contribution in [3.05, 3.63) is 39.1 Å². The number of hydrogen-bond donors (Lipinski definition) is 1.